The highest BCUT2D eigenvalue weighted by molar-refractivity contribution is 7.99. The number of nitrogens with one attached hydrogen (secondary N) is 2. The van der Waals surface area contributed by atoms with Gasteiger partial charge in [0.05, 0.1) is 22.6 Å². The Labute approximate surface area is 373 Å². The van der Waals surface area contributed by atoms with Crippen molar-refractivity contribution in [2.75, 3.05) is 54.0 Å². The first kappa shape index (κ1) is 49.4. The molecule has 5 rings (SSSR count). The molecule has 2 fully saturated rings. The molecular weight excluding hydrogens is 842 g/mol. The fourth-order valence-electron chi connectivity index (χ4n) is 7.49. The molecule has 2 N–H and O–H groups in total. The van der Waals surface area contributed by atoms with Gasteiger partial charge in [0.25, 0.3) is 0 Å². The third kappa shape index (κ3) is 14.0. The molecule has 0 saturated carbocycles. The number of fused-ring (bicyclic) bond motifs is 2. The van der Waals surface area contributed by atoms with E-state index in [0.29, 0.717) is 75.5 Å². The van der Waals surface area contributed by atoms with Crippen LogP contribution in [0.1, 0.15) is 114 Å². The molecule has 0 spiro atoms. The lowest BCUT2D eigenvalue weighted by molar-refractivity contribution is -0.137. The van der Waals surface area contributed by atoms with Crippen LogP contribution in [0, 0.1) is 0 Å². The smallest absolute Gasteiger partial charge is 0.419 e. The zero-order valence-corrected chi connectivity index (χ0v) is 39.5. The first-order valence-corrected chi connectivity index (χ1v) is 22.3. The molecule has 0 radical (unpaired) electrons. The number of rotatable bonds is 7. The summed E-state index contributed by atoms with van der Waals surface area (Å²) in [5.41, 5.74) is -3.15. The second-order valence-electron chi connectivity index (χ2n) is 20.2. The van der Waals surface area contributed by atoms with Gasteiger partial charge in [-0.3, -0.25) is 4.90 Å². The third-order valence-electron chi connectivity index (χ3n) is 10.0. The Hall–Kier alpha value is -4.58. The number of hydrogen-bond acceptors (Lipinski definition) is 11. The number of carbonyl (C=O) groups is 4. The maximum absolute atomic E-state index is 15.0. The highest BCUT2D eigenvalue weighted by atomic mass is 32.2. The summed E-state index contributed by atoms with van der Waals surface area (Å²) in [7, 11) is 0. The lowest BCUT2D eigenvalue weighted by atomic mass is 10.0. The molecule has 2 aromatic carbocycles. The van der Waals surface area contributed by atoms with E-state index in [0.717, 1.165) is 29.6 Å². The minimum atomic E-state index is -4.81. The first-order valence-electron chi connectivity index (χ1n) is 21.5. The highest BCUT2D eigenvalue weighted by Gasteiger charge is 2.43. The van der Waals surface area contributed by atoms with Gasteiger partial charge in [0.1, 0.15) is 22.4 Å². The average Bonchev–Trinajstić information content (AvgIpc) is 3.11. The number of likely N-dealkylation sites (tertiary alicyclic amines) is 1. The summed E-state index contributed by atoms with van der Waals surface area (Å²) in [6.45, 7) is 23.8. The van der Waals surface area contributed by atoms with Crippen LogP contribution in [0.15, 0.2) is 40.1 Å². The molecule has 0 aromatic heterocycles. The van der Waals surface area contributed by atoms with Gasteiger partial charge in [-0.15, -0.1) is 0 Å². The van der Waals surface area contributed by atoms with Gasteiger partial charge in [-0.05, 0) is 139 Å². The summed E-state index contributed by atoms with van der Waals surface area (Å²) in [5.74, 6) is 0. The number of piperidine rings is 2. The van der Waals surface area contributed by atoms with Gasteiger partial charge in [0.2, 0.25) is 0 Å². The monoisotopic (exact) mass is 906 g/mol. The van der Waals surface area contributed by atoms with Crippen LogP contribution in [0.4, 0.5) is 55.1 Å². The fourth-order valence-corrected chi connectivity index (χ4v) is 8.65. The van der Waals surface area contributed by atoms with Crippen molar-refractivity contribution in [3.05, 3.63) is 35.9 Å². The van der Waals surface area contributed by atoms with Crippen molar-refractivity contribution in [3.8, 4) is 0 Å². The Morgan fingerprint density at radius 3 is 1.84 bits per heavy atom. The van der Waals surface area contributed by atoms with E-state index in [2.05, 4.69) is 20.4 Å². The van der Waals surface area contributed by atoms with Gasteiger partial charge >= 0.3 is 30.5 Å². The molecular formula is C45H65F3N6O8S. The molecule has 3 aliphatic heterocycles. The summed E-state index contributed by atoms with van der Waals surface area (Å²) in [6, 6.07) is 6.67. The number of hydrogen-bond donors (Lipinski definition) is 2. The van der Waals surface area contributed by atoms with Crippen LogP contribution in [0.2, 0.25) is 0 Å². The Bertz CT molecular complexity index is 1990. The van der Waals surface area contributed by atoms with Gasteiger partial charge in [-0.25, -0.2) is 24.1 Å². The minimum absolute atomic E-state index is 0.0754. The number of alkyl halides is 3. The Morgan fingerprint density at radius 1 is 0.714 bits per heavy atom. The number of benzene rings is 2. The molecule has 3 aliphatic rings. The van der Waals surface area contributed by atoms with Gasteiger partial charge in [-0.1, -0.05) is 11.8 Å². The number of alkyl carbamates (subject to hydrolysis) is 2. The zero-order chi connectivity index (χ0) is 46.9. The Kier molecular flexibility index (Phi) is 14.8. The number of halogens is 3. The highest BCUT2D eigenvalue weighted by Crippen LogP contribution is 2.55. The van der Waals surface area contributed by atoms with Gasteiger partial charge < -0.3 is 39.4 Å². The quantitative estimate of drug-likeness (QED) is 0.256. The van der Waals surface area contributed by atoms with E-state index >= 15 is 0 Å². The number of nitrogens with zero attached hydrogens (tertiary/aromatic N) is 4. The lowest BCUT2D eigenvalue weighted by Crippen LogP contribution is -2.50. The molecule has 63 heavy (non-hydrogen) atoms. The second kappa shape index (κ2) is 18.9. The van der Waals surface area contributed by atoms with Gasteiger partial charge in [0.15, 0.2) is 0 Å². The topological polar surface area (TPSA) is 142 Å². The van der Waals surface area contributed by atoms with E-state index in [1.807, 2.05) is 12.1 Å². The average molecular weight is 907 g/mol. The summed E-state index contributed by atoms with van der Waals surface area (Å²) in [6.07, 6.45) is -5.52. The molecule has 2 saturated heterocycles. The van der Waals surface area contributed by atoms with Crippen LogP contribution in [0.5, 0.6) is 0 Å². The van der Waals surface area contributed by atoms with Crippen molar-refractivity contribution in [2.45, 2.75) is 159 Å². The molecule has 4 amide bonds. The molecule has 0 atom stereocenters. The van der Waals surface area contributed by atoms with E-state index in [-0.39, 0.29) is 22.3 Å². The largest absolute Gasteiger partial charge is 0.444 e. The molecule has 0 unspecified atom stereocenters. The van der Waals surface area contributed by atoms with Crippen LogP contribution in [0.3, 0.4) is 0 Å². The fraction of sp³-hybridized carbons (Fsp3) is 0.644. The summed E-state index contributed by atoms with van der Waals surface area (Å²) in [4.78, 5) is 61.0. The molecule has 0 aliphatic carbocycles. The van der Waals surface area contributed by atoms with Crippen LogP contribution in [-0.4, -0.2) is 103 Å². The van der Waals surface area contributed by atoms with Crippen molar-refractivity contribution >= 4 is 58.9 Å². The van der Waals surface area contributed by atoms with Crippen molar-refractivity contribution in [1.29, 1.82) is 0 Å². The Balaban J connectivity index is 1.51. The van der Waals surface area contributed by atoms with Gasteiger partial charge in [-0.2, -0.15) is 13.2 Å². The van der Waals surface area contributed by atoms with Crippen molar-refractivity contribution < 1.29 is 51.3 Å². The zero-order valence-electron chi connectivity index (χ0n) is 38.7. The molecule has 0 bridgehead atoms. The van der Waals surface area contributed by atoms with Crippen molar-refractivity contribution in [3.63, 3.8) is 0 Å². The summed E-state index contributed by atoms with van der Waals surface area (Å²) >= 11 is 1.08. The number of ether oxygens (including phenoxy) is 4. The molecule has 14 nitrogen and oxygen atoms in total. The van der Waals surface area contributed by atoms with E-state index in [1.165, 1.54) is 9.80 Å². The minimum Gasteiger partial charge on any atom is -0.444 e. The van der Waals surface area contributed by atoms with E-state index < -0.39 is 64.6 Å². The van der Waals surface area contributed by atoms with Gasteiger partial charge in [0, 0.05) is 66.8 Å². The molecule has 2 aromatic rings. The maximum Gasteiger partial charge on any atom is 0.419 e. The molecule has 350 valence electrons. The van der Waals surface area contributed by atoms with Crippen molar-refractivity contribution in [1.82, 2.24) is 15.5 Å². The second-order valence-corrected chi connectivity index (χ2v) is 21.3. The summed E-state index contributed by atoms with van der Waals surface area (Å²) < 4.78 is 67.5. The van der Waals surface area contributed by atoms with Crippen molar-refractivity contribution in [2.24, 2.45) is 0 Å². The van der Waals surface area contributed by atoms with Crippen LogP contribution < -0.4 is 25.3 Å². The molecule has 3 heterocycles. The summed E-state index contributed by atoms with van der Waals surface area (Å²) in [5, 5.41) is 5.70. The standard InChI is InChI=1S/C45H65F3N6O8S/c1-41(2,3)59-37(55)49-19-24-51-20-17-30(18-21-51)53(39(57)61-43(7,8)9)33-25-28(45(46,47)48)26-35-36(33)54(40(58)62-44(10,11)12)32-14-13-31(27-34(32)63-35)52-22-15-29(16-23-52)50-38(56)60-42(4,5)6/h13-14,25-27,29-30H,15-24H2,1-12H3,(H,49,55)(H,50,56). The lowest BCUT2D eigenvalue weighted by Gasteiger charge is -2.42. The maximum atomic E-state index is 15.0. The third-order valence-corrected chi connectivity index (χ3v) is 11.1. The van der Waals surface area contributed by atoms with E-state index in [4.69, 9.17) is 18.9 Å². The normalized spacial score (nSPS) is 17.0. The molecule has 18 heteroatoms. The first-order chi connectivity index (χ1) is 29.0. The van der Waals surface area contributed by atoms with E-state index in [1.54, 1.807) is 89.2 Å². The number of amides is 4. The van der Waals surface area contributed by atoms with E-state index in [9.17, 15) is 32.3 Å². The predicted octanol–water partition coefficient (Wildman–Crippen LogP) is 10.5. The van der Waals surface area contributed by atoms with Crippen LogP contribution >= 0.6 is 11.8 Å². The number of carbonyl (C=O) groups excluding carboxylic acids is 4. The van der Waals surface area contributed by atoms with Crippen LogP contribution in [-0.2, 0) is 25.1 Å². The SMILES string of the molecule is CC(C)(C)OC(=O)NCCN1CCC(N(C(=O)OC(C)(C)C)c2cc(C(F)(F)F)cc3c2N(C(=O)OC(C)(C)C)c2ccc(N4CCC(NC(=O)OC(C)(C)C)CC4)cc2S3)CC1. The van der Waals surface area contributed by atoms with Crippen LogP contribution in [0.25, 0.3) is 0 Å². The number of anilines is 4. The predicted molar refractivity (Wildman–Crippen MR) is 237 cm³/mol. The Morgan fingerprint density at radius 2 is 1.29 bits per heavy atom.